The first-order valence-electron chi connectivity index (χ1n) is 7.19. The van der Waals surface area contributed by atoms with E-state index in [1.54, 1.807) is 25.1 Å². The molecule has 0 heterocycles. The third-order valence-corrected chi connectivity index (χ3v) is 4.97. The first-order valence-corrected chi connectivity index (χ1v) is 8.97. The number of benzene rings is 2. The maximum absolute atomic E-state index is 12.1. The fourth-order valence-electron chi connectivity index (χ4n) is 2.42. The standard InChI is InChI=1S/C17H13ClN2O4S.Na/c1-10-8-14(16(9-13(10)18)25(22,23)24)19-20-17-12-5-3-2-4-11(12)6-7-15(17)21;/h2-9,19H,1H3,(H,22,23,24);/q;+1/p-1/b20-17-;. The van der Waals surface area contributed by atoms with Gasteiger partial charge in [-0.15, -0.1) is 0 Å². The van der Waals surface area contributed by atoms with Crippen molar-refractivity contribution in [2.75, 3.05) is 5.43 Å². The van der Waals surface area contributed by atoms with Gasteiger partial charge in [0.15, 0.2) is 0 Å². The summed E-state index contributed by atoms with van der Waals surface area (Å²) in [5, 5.41) is 4.19. The van der Waals surface area contributed by atoms with Crippen molar-refractivity contribution in [2.45, 2.75) is 11.8 Å². The van der Waals surface area contributed by atoms with Crippen molar-refractivity contribution in [3.63, 3.8) is 0 Å². The van der Waals surface area contributed by atoms with Gasteiger partial charge in [-0.3, -0.25) is 10.2 Å². The molecular formula is C17H12ClN2NaO4S. The maximum Gasteiger partial charge on any atom is 1.00 e. The van der Waals surface area contributed by atoms with E-state index in [1.165, 1.54) is 12.1 Å². The number of fused-ring (bicyclic) bond motifs is 1. The molecule has 0 bridgehead atoms. The minimum Gasteiger partial charge on any atom is -0.744 e. The molecule has 0 radical (unpaired) electrons. The molecule has 1 N–H and O–H groups in total. The van der Waals surface area contributed by atoms with Crippen molar-refractivity contribution in [2.24, 2.45) is 5.10 Å². The van der Waals surface area contributed by atoms with Gasteiger partial charge in [-0.25, -0.2) is 8.42 Å². The van der Waals surface area contributed by atoms with Gasteiger partial charge in [0, 0.05) is 10.6 Å². The van der Waals surface area contributed by atoms with Gasteiger partial charge in [0.1, 0.15) is 15.8 Å². The van der Waals surface area contributed by atoms with E-state index in [1.807, 2.05) is 12.1 Å². The van der Waals surface area contributed by atoms with Crippen LogP contribution in [0.25, 0.3) is 6.08 Å². The summed E-state index contributed by atoms with van der Waals surface area (Å²) in [6.45, 7) is 1.66. The molecule has 2 aromatic rings. The fourth-order valence-corrected chi connectivity index (χ4v) is 3.29. The van der Waals surface area contributed by atoms with E-state index >= 15 is 0 Å². The van der Waals surface area contributed by atoms with E-state index in [9.17, 15) is 17.8 Å². The van der Waals surface area contributed by atoms with Crippen LogP contribution in [-0.4, -0.2) is 24.5 Å². The van der Waals surface area contributed by atoms with Crippen LogP contribution in [0.5, 0.6) is 0 Å². The number of hydrazone groups is 1. The third-order valence-electron chi connectivity index (χ3n) is 3.68. The van der Waals surface area contributed by atoms with Crippen LogP contribution in [0.15, 0.2) is 52.5 Å². The SMILES string of the molecule is Cc1cc(N/N=C2\C(=O)C=Cc3ccccc32)c(S(=O)(=O)[O-])cc1Cl.[Na+]. The van der Waals surface area contributed by atoms with Crippen LogP contribution in [-0.2, 0) is 14.9 Å². The summed E-state index contributed by atoms with van der Waals surface area (Å²) in [5.74, 6) is -0.330. The summed E-state index contributed by atoms with van der Waals surface area (Å²) >= 11 is 5.90. The second-order valence-corrected chi connectivity index (χ2v) is 7.16. The van der Waals surface area contributed by atoms with Crippen LogP contribution >= 0.6 is 11.6 Å². The maximum atomic E-state index is 12.1. The number of carbonyl (C=O) groups is 1. The van der Waals surface area contributed by atoms with E-state index in [0.29, 0.717) is 11.1 Å². The number of hydrogen-bond donors (Lipinski definition) is 1. The summed E-state index contributed by atoms with van der Waals surface area (Å²) in [7, 11) is -4.76. The molecule has 6 nitrogen and oxygen atoms in total. The Morgan fingerprint density at radius 3 is 2.54 bits per heavy atom. The molecule has 0 aliphatic heterocycles. The Labute approximate surface area is 178 Å². The Balaban J connectivity index is 0.00000243. The molecular weight excluding hydrogens is 387 g/mol. The van der Waals surface area contributed by atoms with Gasteiger partial charge in [-0.05, 0) is 36.3 Å². The number of hydrogen-bond acceptors (Lipinski definition) is 6. The summed E-state index contributed by atoms with van der Waals surface area (Å²) in [6.07, 6.45) is 3.05. The van der Waals surface area contributed by atoms with Crippen LogP contribution in [0.1, 0.15) is 16.7 Å². The average Bonchev–Trinajstić information content (AvgIpc) is 2.55. The predicted octanol–water partition coefficient (Wildman–Crippen LogP) is -0.0314. The Morgan fingerprint density at radius 2 is 1.85 bits per heavy atom. The van der Waals surface area contributed by atoms with Crippen molar-refractivity contribution < 1.29 is 47.3 Å². The van der Waals surface area contributed by atoms with Crippen LogP contribution in [0.3, 0.4) is 0 Å². The minimum absolute atomic E-state index is 0. The molecule has 26 heavy (non-hydrogen) atoms. The minimum atomic E-state index is -4.76. The van der Waals surface area contributed by atoms with E-state index in [2.05, 4.69) is 10.5 Å². The molecule has 0 unspecified atom stereocenters. The number of anilines is 1. The summed E-state index contributed by atoms with van der Waals surface area (Å²) in [6, 6.07) is 9.61. The second kappa shape index (κ2) is 8.04. The quantitative estimate of drug-likeness (QED) is 0.444. The van der Waals surface area contributed by atoms with Crippen LogP contribution in [0.4, 0.5) is 5.69 Å². The molecule has 1 aliphatic carbocycles. The number of aryl methyl sites for hydroxylation is 1. The molecule has 0 atom stereocenters. The molecule has 0 fully saturated rings. The topological polar surface area (TPSA) is 98.7 Å². The first kappa shape index (κ1) is 20.8. The number of halogens is 1. The molecule has 1 aliphatic rings. The van der Waals surface area contributed by atoms with Gasteiger partial charge >= 0.3 is 29.6 Å². The normalized spacial score (nSPS) is 14.7. The first-order chi connectivity index (χ1) is 11.8. The molecule has 0 aromatic heterocycles. The summed E-state index contributed by atoms with van der Waals surface area (Å²) < 4.78 is 34.4. The van der Waals surface area contributed by atoms with Gasteiger partial charge < -0.3 is 4.55 Å². The number of nitrogens with one attached hydrogen (secondary N) is 1. The Bertz CT molecular complexity index is 1050. The summed E-state index contributed by atoms with van der Waals surface area (Å²) in [5.41, 5.74) is 4.60. The van der Waals surface area contributed by atoms with Crippen molar-refractivity contribution in [3.8, 4) is 0 Å². The average molecular weight is 399 g/mol. The number of nitrogens with zero attached hydrogens (tertiary/aromatic N) is 1. The molecule has 0 amide bonds. The van der Waals surface area contributed by atoms with Crippen LogP contribution in [0.2, 0.25) is 5.02 Å². The van der Waals surface area contributed by atoms with Crippen molar-refractivity contribution >= 4 is 45.0 Å². The van der Waals surface area contributed by atoms with E-state index in [4.69, 9.17) is 11.6 Å². The zero-order chi connectivity index (χ0) is 18.2. The molecule has 3 rings (SSSR count). The van der Waals surface area contributed by atoms with Gasteiger partial charge in [-0.2, -0.15) is 5.10 Å². The van der Waals surface area contributed by atoms with Gasteiger partial charge in [0.05, 0.1) is 10.6 Å². The molecule has 2 aromatic carbocycles. The van der Waals surface area contributed by atoms with Crippen molar-refractivity contribution in [1.82, 2.24) is 0 Å². The predicted molar refractivity (Wildman–Crippen MR) is 94.8 cm³/mol. The molecule has 128 valence electrons. The monoisotopic (exact) mass is 398 g/mol. The van der Waals surface area contributed by atoms with E-state index in [-0.39, 0.29) is 51.8 Å². The van der Waals surface area contributed by atoms with Crippen molar-refractivity contribution in [1.29, 1.82) is 0 Å². The largest absolute Gasteiger partial charge is 1.00 e. The number of allylic oxidation sites excluding steroid dienone is 1. The van der Waals surface area contributed by atoms with E-state index < -0.39 is 15.0 Å². The van der Waals surface area contributed by atoms with Gasteiger partial charge in [-0.1, -0.05) is 41.9 Å². The van der Waals surface area contributed by atoms with E-state index in [0.717, 1.165) is 11.6 Å². The van der Waals surface area contributed by atoms with Gasteiger partial charge in [0.2, 0.25) is 5.78 Å². The molecule has 0 saturated heterocycles. The zero-order valence-electron chi connectivity index (χ0n) is 14.0. The number of rotatable bonds is 3. The Kier molecular flexibility index (Phi) is 6.44. The number of carbonyl (C=O) groups excluding carboxylic acids is 1. The fraction of sp³-hybridized carbons (Fsp3) is 0.0588. The molecule has 9 heteroatoms. The zero-order valence-corrected chi connectivity index (χ0v) is 17.6. The Hall–Kier alpha value is -1.48. The second-order valence-electron chi connectivity index (χ2n) is 5.41. The molecule has 0 spiro atoms. The third kappa shape index (κ3) is 4.25. The Morgan fingerprint density at radius 1 is 1.15 bits per heavy atom. The van der Waals surface area contributed by atoms with Crippen molar-refractivity contribution in [3.05, 3.63) is 64.2 Å². The van der Waals surface area contributed by atoms with Crippen LogP contribution in [0, 0.1) is 6.92 Å². The smallest absolute Gasteiger partial charge is 0.744 e. The van der Waals surface area contributed by atoms with Crippen LogP contribution < -0.4 is 35.0 Å². The van der Waals surface area contributed by atoms with Gasteiger partial charge in [0.25, 0.3) is 0 Å². The summed E-state index contributed by atoms with van der Waals surface area (Å²) in [4.78, 5) is 11.6. The number of ketones is 1. The molecule has 0 saturated carbocycles.